The maximum Gasteiger partial charge on any atom is 0.256 e. The zero-order valence-electron chi connectivity index (χ0n) is 12.6. The number of para-hydroxylation sites is 1. The van der Waals surface area contributed by atoms with Crippen LogP contribution >= 0.6 is 0 Å². The summed E-state index contributed by atoms with van der Waals surface area (Å²) in [5.74, 6) is -0.116. The molecule has 0 unspecified atom stereocenters. The molecule has 0 aliphatic carbocycles. The highest BCUT2D eigenvalue weighted by atomic mass is 32.2. The van der Waals surface area contributed by atoms with Crippen molar-refractivity contribution < 1.29 is 13.2 Å². The van der Waals surface area contributed by atoms with Crippen LogP contribution in [0.25, 0.3) is 0 Å². The molecule has 0 bridgehead atoms. The summed E-state index contributed by atoms with van der Waals surface area (Å²) in [6.45, 7) is 2.98. The number of anilines is 1. The van der Waals surface area contributed by atoms with Gasteiger partial charge in [-0.25, -0.2) is 8.42 Å². The standard InChI is InChI=1S/C14H21N3O3S/c1-15-8-10-17(11-9-15)14(18)12-6-4-5-7-13(12)16(2)21(3,19)20/h4-7H,8-11H2,1-3H3. The number of benzene rings is 1. The zero-order chi connectivity index (χ0) is 15.6. The maximum absolute atomic E-state index is 12.6. The normalized spacial score (nSPS) is 16.8. The predicted octanol–water partition coefficient (Wildman–Crippen LogP) is 0.470. The van der Waals surface area contributed by atoms with E-state index in [9.17, 15) is 13.2 Å². The molecule has 0 N–H and O–H groups in total. The van der Waals surface area contributed by atoms with E-state index in [1.165, 1.54) is 7.05 Å². The fraction of sp³-hybridized carbons (Fsp3) is 0.500. The average molecular weight is 311 g/mol. The highest BCUT2D eigenvalue weighted by molar-refractivity contribution is 7.92. The van der Waals surface area contributed by atoms with Gasteiger partial charge in [-0.3, -0.25) is 9.10 Å². The Kier molecular flexibility index (Phi) is 4.53. The van der Waals surface area contributed by atoms with Crippen LogP contribution in [0.4, 0.5) is 5.69 Å². The van der Waals surface area contributed by atoms with Crippen molar-refractivity contribution in [2.75, 3.05) is 50.8 Å². The zero-order valence-corrected chi connectivity index (χ0v) is 13.4. The molecule has 21 heavy (non-hydrogen) atoms. The van der Waals surface area contributed by atoms with Crippen molar-refractivity contribution >= 4 is 21.6 Å². The van der Waals surface area contributed by atoms with E-state index < -0.39 is 10.0 Å². The summed E-state index contributed by atoms with van der Waals surface area (Å²) in [5, 5.41) is 0. The lowest BCUT2D eigenvalue weighted by molar-refractivity contribution is 0.0665. The fourth-order valence-electron chi connectivity index (χ4n) is 2.29. The number of sulfonamides is 1. The van der Waals surface area contributed by atoms with E-state index in [0.29, 0.717) is 24.3 Å². The van der Waals surface area contributed by atoms with E-state index >= 15 is 0 Å². The SMILES string of the molecule is CN1CCN(C(=O)c2ccccc2N(C)S(C)(=O)=O)CC1. The molecule has 1 aliphatic heterocycles. The maximum atomic E-state index is 12.6. The third-order valence-electron chi connectivity index (χ3n) is 3.76. The van der Waals surface area contributed by atoms with Crippen LogP contribution in [0.1, 0.15) is 10.4 Å². The Morgan fingerprint density at radius 3 is 2.29 bits per heavy atom. The van der Waals surface area contributed by atoms with Gasteiger partial charge in [0.15, 0.2) is 0 Å². The van der Waals surface area contributed by atoms with Crippen molar-refractivity contribution in [1.82, 2.24) is 9.80 Å². The first-order valence-electron chi connectivity index (χ1n) is 6.81. The first kappa shape index (κ1) is 15.8. The van der Waals surface area contributed by atoms with Crippen molar-refractivity contribution in [3.63, 3.8) is 0 Å². The van der Waals surface area contributed by atoms with E-state index in [1.54, 1.807) is 29.2 Å². The van der Waals surface area contributed by atoms with Crippen molar-refractivity contribution in [3.05, 3.63) is 29.8 Å². The summed E-state index contributed by atoms with van der Waals surface area (Å²) < 4.78 is 24.6. The van der Waals surface area contributed by atoms with Crippen LogP contribution in [0.15, 0.2) is 24.3 Å². The van der Waals surface area contributed by atoms with Crippen molar-refractivity contribution in [3.8, 4) is 0 Å². The van der Waals surface area contributed by atoms with Gasteiger partial charge in [0.2, 0.25) is 10.0 Å². The van der Waals surface area contributed by atoms with Crippen molar-refractivity contribution in [2.45, 2.75) is 0 Å². The Balaban J connectivity index is 2.30. The Morgan fingerprint density at radius 1 is 1.14 bits per heavy atom. The molecular formula is C14H21N3O3S. The molecule has 1 fully saturated rings. The summed E-state index contributed by atoms with van der Waals surface area (Å²) in [5.41, 5.74) is 0.846. The summed E-state index contributed by atoms with van der Waals surface area (Å²) >= 11 is 0. The van der Waals surface area contributed by atoms with Crippen molar-refractivity contribution in [1.29, 1.82) is 0 Å². The molecule has 0 radical (unpaired) electrons. The molecular weight excluding hydrogens is 290 g/mol. The number of piperazine rings is 1. The number of amides is 1. The lowest BCUT2D eigenvalue weighted by Gasteiger charge is -2.33. The van der Waals surface area contributed by atoms with Gasteiger partial charge >= 0.3 is 0 Å². The fourth-order valence-corrected chi connectivity index (χ4v) is 2.80. The van der Waals surface area contributed by atoms with Gasteiger partial charge in [0.25, 0.3) is 5.91 Å². The Morgan fingerprint density at radius 2 is 1.71 bits per heavy atom. The van der Waals surface area contributed by atoms with E-state index in [-0.39, 0.29) is 5.91 Å². The minimum Gasteiger partial charge on any atom is -0.336 e. The quantitative estimate of drug-likeness (QED) is 0.814. The molecule has 1 aliphatic rings. The first-order chi connectivity index (χ1) is 9.80. The molecule has 0 aromatic heterocycles. The Bertz CT molecular complexity index is 622. The average Bonchev–Trinajstić information content (AvgIpc) is 2.45. The Labute approximate surface area is 126 Å². The minimum absolute atomic E-state index is 0.116. The molecule has 1 amide bonds. The molecule has 0 saturated carbocycles. The van der Waals surface area contributed by atoms with Gasteiger partial charge in [-0.1, -0.05) is 12.1 Å². The van der Waals surface area contributed by atoms with Gasteiger partial charge in [-0.2, -0.15) is 0 Å². The topological polar surface area (TPSA) is 60.9 Å². The summed E-state index contributed by atoms with van der Waals surface area (Å²) in [6, 6.07) is 6.82. The number of likely N-dealkylation sites (N-methyl/N-ethyl adjacent to an activating group) is 1. The van der Waals surface area contributed by atoms with E-state index in [2.05, 4.69) is 4.90 Å². The van der Waals surface area contributed by atoms with Crippen LogP contribution in [-0.2, 0) is 10.0 Å². The molecule has 1 heterocycles. The van der Waals surface area contributed by atoms with Gasteiger partial charge in [0.05, 0.1) is 17.5 Å². The second-order valence-corrected chi connectivity index (χ2v) is 7.36. The molecule has 0 spiro atoms. The van der Waals surface area contributed by atoms with E-state index in [0.717, 1.165) is 23.7 Å². The molecule has 6 nitrogen and oxygen atoms in total. The van der Waals surface area contributed by atoms with Crippen LogP contribution in [0.5, 0.6) is 0 Å². The molecule has 1 aromatic carbocycles. The third kappa shape index (κ3) is 3.54. The minimum atomic E-state index is -3.40. The van der Waals surface area contributed by atoms with Crippen LogP contribution in [-0.4, -0.2) is 70.7 Å². The van der Waals surface area contributed by atoms with Crippen LogP contribution < -0.4 is 4.31 Å². The summed E-state index contributed by atoms with van der Waals surface area (Å²) in [6.07, 6.45) is 1.13. The number of carbonyl (C=O) groups excluding carboxylic acids is 1. The largest absolute Gasteiger partial charge is 0.336 e. The highest BCUT2D eigenvalue weighted by Gasteiger charge is 2.25. The lowest BCUT2D eigenvalue weighted by atomic mass is 10.1. The first-order valence-corrected chi connectivity index (χ1v) is 8.66. The smallest absolute Gasteiger partial charge is 0.256 e. The van der Waals surface area contributed by atoms with Crippen LogP contribution in [0.3, 0.4) is 0 Å². The number of rotatable bonds is 3. The summed E-state index contributed by atoms with van der Waals surface area (Å²) in [4.78, 5) is 16.6. The molecule has 1 aromatic rings. The number of nitrogens with zero attached hydrogens (tertiary/aromatic N) is 3. The lowest BCUT2D eigenvalue weighted by Crippen LogP contribution is -2.47. The number of carbonyl (C=O) groups is 1. The second kappa shape index (κ2) is 6.03. The van der Waals surface area contributed by atoms with Crippen molar-refractivity contribution in [2.24, 2.45) is 0 Å². The van der Waals surface area contributed by atoms with Gasteiger partial charge in [0, 0.05) is 33.2 Å². The highest BCUT2D eigenvalue weighted by Crippen LogP contribution is 2.23. The van der Waals surface area contributed by atoms with E-state index in [1.807, 2.05) is 7.05 Å². The monoisotopic (exact) mass is 311 g/mol. The molecule has 1 saturated heterocycles. The number of hydrogen-bond acceptors (Lipinski definition) is 4. The van der Waals surface area contributed by atoms with Gasteiger partial charge in [-0.05, 0) is 19.2 Å². The van der Waals surface area contributed by atoms with Gasteiger partial charge in [-0.15, -0.1) is 0 Å². The van der Waals surface area contributed by atoms with Gasteiger partial charge in [0.1, 0.15) is 0 Å². The molecule has 2 rings (SSSR count). The molecule has 0 atom stereocenters. The third-order valence-corrected chi connectivity index (χ3v) is 4.95. The van der Waals surface area contributed by atoms with E-state index in [4.69, 9.17) is 0 Å². The second-order valence-electron chi connectivity index (χ2n) is 5.34. The van der Waals surface area contributed by atoms with Crippen LogP contribution in [0.2, 0.25) is 0 Å². The Hall–Kier alpha value is -1.60. The predicted molar refractivity (Wildman–Crippen MR) is 83.1 cm³/mol. The van der Waals surface area contributed by atoms with Crippen LogP contribution in [0, 0.1) is 0 Å². The summed E-state index contributed by atoms with van der Waals surface area (Å²) in [7, 11) is 0.0877. The molecule has 7 heteroatoms. The molecule has 116 valence electrons. The van der Waals surface area contributed by atoms with Gasteiger partial charge < -0.3 is 9.80 Å². The number of hydrogen-bond donors (Lipinski definition) is 0.